The van der Waals surface area contributed by atoms with E-state index in [1.54, 1.807) is 6.07 Å². The Hall–Kier alpha value is -2.08. The average Bonchev–Trinajstić information content (AvgIpc) is 3.01. The van der Waals surface area contributed by atoms with Gasteiger partial charge in [-0.2, -0.15) is 4.98 Å². The van der Waals surface area contributed by atoms with Gasteiger partial charge in [-0.05, 0) is 37.6 Å². The fraction of sp³-hybridized carbons (Fsp3) is 0.333. The Labute approximate surface area is 103 Å². The average molecular weight is 247 g/mol. The molecule has 0 unspecified atom stereocenters. The number of phenols is 2. The van der Waals surface area contributed by atoms with Crippen molar-refractivity contribution in [2.45, 2.75) is 18.9 Å². The molecule has 6 nitrogen and oxygen atoms in total. The third-order valence-corrected chi connectivity index (χ3v) is 3.03. The van der Waals surface area contributed by atoms with Gasteiger partial charge in [0.25, 0.3) is 0 Å². The molecule has 0 saturated carbocycles. The Morgan fingerprint density at radius 2 is 2.17 bits per heavy atom. The van der Waals surface area contributed by atoms with Crippen LogP contribution in [-0.2, 0) is 0 Å². The highest BCUT2D eigenvalue weighted by Crippen LogP contribution is 2.30. The summed E-state index contributed by atoms with van der Waals surface area (Å²) < 4.78 is 5.21. The van der Waals surface area contributed by atoms with Crippen LogP contribution in [0.15, 0.2) is 22.7 Å². The predicted octanol–water partition coefficient (Wildman–Crippen LogP) is 1.57. The number of benzene rings is 1. The number of nitrogens with one attached hydrogen (secondary N) is 1. The zero-order valence-electron chi connectivity index (χ0n) is 9.63. The van der Waals surface area contributed by atoms with E-state index in [-0.39, 0.29) is 17.5 Å². The summed E-state index contributed by atoms with van der Waals surface area (Å²) >= 11 is 0. The predicted molar refractivity (Wildman–Crippen MR) is 63.0 cm³/mol. The van der Waals surface area contributed by atoms with Crippen LogP contribution in [0.1, 0.15) is 24.8 Å². The van der Waals surface area contributed by atoms with Gasteiger partial charge in [0.2, 0.25) is 11.7 Å². The van der Waals surface area contributed by atoms with Gasteiger partial charge in [0.1, 0.15) is 0 Å². The van der Waals surface area contributed by atoms with E-state index in [1.165, 1.54) is 12.1 Å². The normalized spacial score (nSPS) is 19.2. The van der Waals surface area contributed by atoms with Gasteiger partial charge in [0.15, 0.2) is 11.5 Å². The number of hydrogen-bond acceptors (Lipinski definition) is 6. The molecule has 1 aromatic heterocycles. The first-order chi connectivity index (χ1) is 8.74. The molecule has 0 aliphatic carbocycles. The second kappa shape index (κ2) is 4.30. The standard InChI is InChI=1S/C12H13N3O3/c16-9-4-3-7(6-10(9)17)11-14-12(18-15-11)8-2-1-5-13-8/h3-4,6,8,13,16-17H,1-2,5H2/t8-/m1/s1. The molecule has 94 valence electrons. The van der Waals surface area contributed by atoms with Gasteiger partial charge >= 0.3 is 0 Å². The van der Waals surface area contributed by atoms with Crippen molar-refractivity contribution >= 4 is 0 Å². The van der Waals surface area contributed by atoms with E-state index in [0.29, 0.717) is 17.3 Å². The maximum atomic E-state index is 9.43. The van der Waals surface area contributed by atoms with E-state index in [4.69, 9.17) is 4.52 Å². The van der Waals surface area contributed by atoms with Crippen LogP contribution in [-0.4, -0.2) is 26.9 Å². The van der Waals surface area contributed by atoms with Gasteiger partial charge in [-0.3, -0.25) is 0 Å². The SMILES string of the molecule is Oc1ccc(-c2noc([C@H]3CCCN3)n2)cc1O. The lowest BCUT2D eigenvalue weighted by atomic mass is 10.2. The molecular formula is C12H13N3O3. The van der Waals surface area contributed by atoms with E-state index in [2.05, 4.69) is 15.5 Å². The first-order valence-corrected chi connectivity index (χ1v) is 5.83. The number of rotatable bonds is 2. The highest BCUT2D eigenvalue weighted by Gasteiger charge is 2.22. The van der Waals surface area contributed by atoms with E-state index >= 15 is 0 Å². The maximum Gasteiger partial charge on any atom is 0.244 e. The summed E-state index contributed by atoms with van der Waals surface area (Å²) in [5, 5.41) is 25.8. The van der Waals surface area contributed by atoms with Crippen LogP contribution in [0, 0.1) is 0 Å². The number of hydrogen-bond donors (Lipinski definition) is 3. The summed E-state index contributed by atoms with van der Waals surface area (Å²) in [5.74, 6) is 0.613. The van der Waals surface area contributed by atoms with E-state index in [0.717, 1.165) is 19.4 Å². The van der Waals surface area contributed by atoms with Crippen molar-refractivity contribution in [2.75, 3.05) is 6.54 Å². The Morgan fingerprint density at radius 3 is 2.89 bits per heavy atom. The van der Waals surface area contributed by atoms with Gasteiger partial charge in [-0.25, -0.2) is 0 Å². The fourth-order valence-corrected chi connectivity index (χ4v) is 2.05. The summed E-state index contributed by atoms with van der Waals surface area (Å²) in [6, 6.07) is 4.56. The molecule has 2 aromatic rings. The molecular weight excluding hydrogens is 234 g/mol. The van der Waals surface area contributed by atoms with Crippen molar-refractivity contribution in [2.24, 2.45) is 0 Å². The lowest BCUT2D eigenvalue weighted by molar-refractivity contribution is 0.345. The summed E-state index contributed by atoms with van der Waals surface area (Å²) in [6.07, 6.45) is 2.09. The summed E-state index contributed by atoms with van der Waals surface area (Å²) in [5.41, 5.74) is 0.610. The molecule has 6 heteroatoms. The Bertz CT molecular complexity index is 561. The molecule has 0 radical (unpaired) electrons. The van der Waals surface area contributed by atoms with Crippen LogP contribution in [0.5, 0.6) is 11.5 Å². The Kier molecular flexibility index (Phi) is 2.64. The molecule has 1 aliphatic rings. The zero-order chi connectivity index (χ0) is 12.5. The van der Waals surface area contributed by atoms with Crippen molar-refractivity contribution in [3.63, 3.8) is 0 Å². The molecule has 1 atom stereocenters. The third kappa shape index (κ3) is 1.91. The third-order valence-electron chi connectivity index (χ3n) is 3.03. The number of aromatic nitrogens is 2. The van der Waals surface area contributed by atoms with Crippen LogP contribution in [0.3, 0.4) is 0 Å². The van der Waals surface area contributed by atoms with E-state index in [1.807, 2.05) is 0 Å². The van der Waals surface area contributed by atoms with Gasteiger partial charge in [0.05, 0.1) is 6.04 Å². The van der Waals surface area contributed by atoms with Crippen molar-refractivity contribution in [1.29, 1.82) is 0 Å². The molecule has 1 aromatic carbocycles. The van der Waals surface area contributed by atoms with Crippen LogP contribution in [0.2, 0.25) is 0 Å². The minimum atomic E-state index is -0.196. The number of nitrogens with zero attached hydrogens (tertiary/aromatic N) is 2. The van der Waals surface area contributed by atoms with Crippen LogP contribution in [0.4, 0.5) is 0 Å². The molecule has 3 N–H and O–H groups in total. The maximum absolute atomic E-state index is 9.43. The second-order valence-electron chi connectivity index (χ2n) is 4.31. The smallest absolute Gasteiger partial charge is 0.244 e. The highest BCUT2D eigenvalue weighted by molar-refractivity contribution is 5.59. The Balaban J connectivity index is 1.89. The van der Waals surface area contributed by atoms with Crippen LogP contribution in [0.25, 0.3) is 11.4 Å². The Morgan fingerprint density at radius 1 is 1.28 bits per heavy atom. The number of phenolic OH excluding ortho intramolecular Hbond substituents is 2. The van der Waals surface area contributed by atoms with E-state index in [9.17, 15) is 10.2 Å². The lowest BCUT2D eigenvalue weighted by Gasteiger charge is -2.01. The molecule has 0 spiro atoms. The first kappa shape index (κ1) is 11.0. The monoisotopic (exact) mass is 247 g/mol. The molecule has 0 amide bonds. The van der Waals surface area contributed by atoms with Gasteiger partial charge in [-0.1, -0.05) is 5.16 Å². The van der Waals surface area contributed by atoms with Gasteiger partial charge in [-0.15, -0.1) is 0 Å². The summed E-state index contributed by atoms with van der Waals surface area (Å²) in [6.45, 7) is 0.961. The summed E-state index contributed by atoms with van der Waals surface area (Å²) in [7, 11) is 0. The molecule has 2 heterocycles. The molecule has 18 heavy (non-hydrogen) atoms. The summed E-state index contributed by atoms with van der Waals surface area (Å²) in [4.78, 5) is 4.30. The van der Waals surface area contributed by atoms with Crippen LogP contribution < -0.4 is 5.32 Å². The molecule has 0 bridgehead atoms. The lowest BCUT2D eigenvalue weighted by Crippen LogP contribution is -2.12. The quantitative estimate of drug-likeness (QED) is 0.698. The second-order valence-corrected chi connectivity index (χ2v) is 4.31. The molecule has 1 saturated heterocycles. The minimum Gasteiger partial charge on any atom is -0.504 e. The minimum absolute atomic E-state index is 0.122. The first-order valence-electron chi connectivity index (χ1n) is 5.83. The number of aromatic hydroxyl groups is 2. The van der Waals surface area contributed by atoms with Gasteiger partial charge < -0.3 is 20.1 Å². The largest absolute Gasteiger partial charge is 0.504 e. The zero-order valence-corrected chi connectivity index (χ0v) is 9.63. The topological polar surface area (TPSA) is 91.4 Å². The molecule has 3 rings (SSSR count). The van der Waals surface area contributed by atoms with Crippen molar-refractivity contribution in [3.05, 3.63) is 24.1 Å². The highest BCUT2D eigenvalue weighted by atomic mass is 16.5. The van der Waals surface area contributed by atoms with Crippen molar-refractivity contribution in [3.8, 4) is 22.9 Å². The van der Waals surface area contributed by atoms with E-state index < -0.39 is 0 Å². The van der Waals surface area contributed by atoms with Gasteiger partial charge in [0, 0.05) is 5.56 Å². The fourth-order valence-electron chi connectivity index (χ4n) is 2.05. The molecule has 1 fully saturated rings. The van der Waals surface area contributed by atoms with Crippen LogP contribution >= 0.6 is 0 Å². The van der Waals surface area contributed by atoms with Crippen molar-refractivity contribution in [1.82, 2.24) is 15.5 Å². The molecule has 1 aliphatic heterocycles. The van der Waals surface area contributed by atoms with Crippen molar-refractivity contribution < 1.29 is 14.7 Å².